The van der Waals surface area contributed by atoms with Crippen LogP contribution in [0.3, 0.4) is 0 Å². The molecule has 1 unspecified atom stereocenters. The van der Waals surface area contributed by atoms with Crippen molar-refractivity contribution in [2.75, 3.05) is 0 Å². The van der Waals surface area contributed by atoms with E-state index in [1.807, 2.05) is 0 Å². The monoisotopic (exact) mass is 176 g/mol. The minimum absolute atomic E-state index is 0.286. The predicted molar refractivity (Wildman–Crippen MR) is 53.4 cm³/mol. The molecule has 0 aromatic heterocycles. The number of hydrogen-bond acceptors (Lipinski definition) is 1. The van der Waals surface area contributed by atoms with Gasteiger partial charge < -0.3 is 0 Å². The molecule has 0 saturated heterocycles. The van der Waals surface area contributed by atoms with E-state index in [1.165, 1.54) is 24.8 Å². The summed E-state index contributed by atoms with van der Waals surface area (Å²) in [6.07, 6.45) is 10.2. The summed E-state index contributed by atoms with van der Waals surface area (Å²) < 4.78 is 0. The first-order valence-electron chi connectivity index (χ1n) is 5.17. The van der Waals surface area contributed by atoms with Crippen LogP contribution in [-0.4, -0.2) is 5.78 Å². The smallest absolute Gasteiger partial charge is 0.156 e. The lowest BCUT2D eigenvalue weighted by atomic mass is 9.94. The fraction of sp³-hybridized carbons (Fsp3) is 0.583. The van der Waals surface area contributed by atoms with Gasteiger partial charge in [0.15, 0.2) is 5.78 Å². The normalized spacial score (nSPS) is 27.3. The molecule has 1 saturated carbocycles. The molecule has 0 aliphatic heterocycles. The van der Waals surface area contributed by atoms with Gasteiger partial charge in [0.25, 0.3) is 0 Å². The summed E-state index contributed by atoms with van der Waals surface area (Å²) in [5.41, 5.74) is 2.58. The lowest BCUT2D eigenvalue weighted by molar-refractivity contribution is -0.113. The highest BCUT2D eigenvalue weighted by Gasteiger charge is 2.25. The summed E-state index contributed by atoms with van der Waals surface area (Å²) in [6.45, 7) is 1.71. The average molecular weight is 176 g/mol. The third kappa shape index (κ3) is 1.60. The maximum Gasteiger partial charge on any atom is 0.156 e. The summed E-state index contributed by atoms with van der Waals surface area (Å²) in [7, 11) is 0. The number of fused-ring (bicyclic) bond motifs is 1. The standard InChI is InChI=1S/C12H16O/c1-9(13)11-7-3-2-5-10-6-4-8-12(10)11/h2-3,10H,4-8H2,1H3. The maximum absolute atomic E-state index is 11.4. The van der Waals surface area contributed by atoms with Gasteiger partial charge >= 0.3 is 0 Å². The summed E-state index contributed by atoms with van der Waals surface area (Å²) in [5, 5.41) is 0. The van der Waals surface area contributed by atoms with E-state index >= 15 is 0 Å². The largest absolute Gasteiger partial charge is 0.295 e. The van der Waals surface area contributed by atoms with E-state index in [4.69, 9.17) is 0 Å². The van der Waals surface area contributed by atoms with Gasteiger partial charge in [0.05, 0.1) is 0 Å². The second-order valence-corrected chi connectivity index (χ2v) is 4.06. The van der Waals surface area contributed by atoms with Crippen molar-refractivity contribution in [3.05, 3.63) is 23.3 Å². The Kier molecular flexibility index (Phi) is 2.34. The summed E-state index contributed by atoms with van der Waals surface area (Å²) >= 11 is 0. The van der Waals surface area contributed by atoms with Crippen LogP contribution in [0.1, 0.15) is 39.0 Å². The van der Waals surface area contributed by atoms with E-state index in [0.29, 0.717) is 5.92 Å². The molecule has 0 heterocycles. The highest BCUT2D eigenvalue weighted by atomic mass is 16.1. The van der Waals surface area contributed by atoms with Gasteiger partial charge in [-0.15, -0.1) is 0 Å². The average Bonchev–Trinajstić information content (AvgIpc) is 2.44. The Morgan fingerprint density at radius 2 is 2.31 bits per heavy atom. The van der Waals surface area contributed by atoms with Gasteiger partial charge in [0.2, 0.25) is 0 Å². The third-order valence-electron chi connectivity index (χ3n) is 3.21. The van der Waals surface area contributed by atoms with E-state index in [0.717, 1.165) is 18.4 Å². The van der Waals surface area contributed by atoms with E-state index < -0.39 is 0 Å². The molecule has 1 fully saturated rings. The topological polar surface area (TPSA) is 17.1 Å². The molecule has 0 aromatic rings. The van der Waals surface area contributed by atoms with Crippen LogP contribution in [0.15, 0.2) is 23.3 Å². The zero-order valence-electron chi connectivity index (χ0n) is 8.18. The van der Waals surface area contributed by atoms with Gasteiger partial charge in [-0.1, -0.05) is 17.7 Å². The van der Waals surface area contributed by atoms with Gasteiger partial charge in [0, 0.05) is 0 Å². The summed E-state index contributed by atoms with van der Waals surface area (Å²) in [5.74, 6) is 0.978. The van der Waals surface area contributed by atoms with Gasteiger partial charge in [-0.3, -0.25) is 4.79 Å². The highest BCUT2D eigenvalue weighted by molar-refractivity contribution is 5.94. The van der Waals surface area contributed by atoms with Crippen molar-refractivity contribution in [2.24, 2.45) is 5.92 Å². The Balaban J connectivity index is 2.36. The molecule has 2 aliphatic rings. The fourth-order valence-electron chi connectivity index (χ4n) is 2.54. The number of Topliss-reactive ketones (excluding diaryl/α,β-unsaturated/α-hetero) is 1. The molecular weight excluding hydrogens is 160 g/mol. The molecule has 0 N–H and O–H groups in total. The number of ketones is 1. The van der Waals surface area contributed by atoms with E-state index in [9.17, 15) is 4.79 Å². The number of carbonyl (C=O) groups excluding carboxylic acids is 1. The number of carbonyl (C=O) groups is 1. The Hall–Kier alpha value is -0.850. The second-order valence-electron chi connectivity index (χ2n) is 4.06. The molecular formula is C12H16O. The molecule has 0 spiro atoms. The molecule has 1 nitrogen and oxygen atoms in total. The van der Waals surface area contributed by atoms with Crippen molar-refractivity contribution >= 4 is 5.78 Å². The third-order valence-corrected chi connectivity index (χ3v) is 3.21. The predicted octanol–water partition coefficient (Wildman–Crippen LogP) is 3.02. The minimum Gasteiger partial charge on any atom is -0.295 e. The van der Waals surface area contributed by atoms with Crippen molar-refractivity contribution in [3.63, 3.8) is 0 Å². The molecule has 1 heteroatoms. The van der Waals surface area contributed by atoms with Crippen LogP contribution in [-0.2, 0) is 4.79 Å². The van der Waals surface area contributed by atoms with Crippen LogP contribution in [0.5, 0.6) is 0 Å². The van der Waals surface area contributed by atoms with Crippen LogP contribution in [0.25, 0.3) is 0 Å². The molecule has 70 valence electrons. The highest BCUT2D eigenvalue weighted by Crippen LogP contribution is 2.38. The van der Waals surface area contributed by atoms with Crippen LogP contribution in [0.2, 0.25) is 0 Å². The molecule has 0 bridgehead atoms. The van der Waals surface area contributed by atoms with Crippen LogP contribution in [0.4, 0.5) is 0 Å². The lowest BCUT2D eigenvalue weighted by Gasteiger charge is -2.10. The first kappa shape index (κ1) is 8.74. The quantitative estimate of drug-likeness (QED) is 0.561. The second kappa shape index (κ2) is 3.49. The van der Waals surface area contributed by atoms with Crippen molar-refractivity contribution < 1.29 is 4.79 Å². The maximum atomic E-state index is 11.4. The molecule has 2 rings (SSSR count). The van der Waals surface area contributed by atoms with Crippen molar-refractivity contribution in [1.82, 2.24) is 0 Å². The fourth-order valence-corrected chi connectivity index (χ4v) is 2.54. The molecule has 0 amide bonds. The zero-order chi connectivity index (χ0) is 9.26. The zero-order valence-corrected chi connectivity index (χ0v) is 8.18. The SMILES string of the molecule is CC(=O)C1=C2CCCC2CC=CC1. The van der Waals surface area contributed by atoms with Gasteiger partial charge in [-0.2, -0.15) is 0 Å². The first-order valence-corrected chi connectivity index (χ1v) is 5.17. The first-order chi connectivity index (χ1) is 6.29. The van der Waals surface area contributed by atoms with Crippen LogP contribution >= 0.6 is 0 Å². The van der Waals surface area contributed by atoms with Gasteiger partial charge in [0.1, 0.15) is 0 Å². The summed E-state index contributed by atoms with van der Waals surface area (Å²) in [4.78, 5) is 11.4. The molecule has 1 atom stereocenters. The van der Waals surface area contributed by atoms with Crippen molar-refractivity contribution in [1.29, 1.82) is 0 Å². The van der Waals surface area contributed by atoms with E-state index in [2.05, 4.69) is 12.2 Å². The lowest BCUT2D eigenvalue weighted by Crippen LogP contribution is -2.03. The molecule has 13 heavy (non-hydrogen) atoms. The Labute approximate surface area is 79.5 Å². The minimum atomic E-state index is 0.286. The van der Waals surface area contributed by atoms with Crippen LogP contribution in [0, 0.1) is 5.92 Å². The molecule has 2 aliphatic carbocycles. The Morgan fingerprint density at radius 1 is 1.46 bits per heavy atom. The number of hydrogen-bond donors (Lipinski definition) is 0. The van der Waals surface area contributed by atoms with Gasteiger partial charge in [-0.25, -0.2) is 0 Å². The van der Waals surface area contributed by atoms with E-state index in [1.54, 1.807) is 6.92 Å². The van der Waals surface area contributed by atoms with E-state index in [-0.39, 0.29) is 5.78 Å². The number of rotatable bonds is 1. The molecule has 0 aromatic carbocycles. The van der Waals surface area contributed by atoms with Crippen molar-refractivity contribution in [2.45, 2.75) is 39.0 Å². The van der Waals surface area contributed by atoms with Gasteiger partial charge in [-0.05, 0) is 50.5 Å². The molecule has 0 radical (unpaired) electrons. The van der Waals surface area contributed by atoms with Crippen molar-refractivity contribution in [3.8, 4) is 0 Å². The summed E-state index contributed by atoms with van der Waals surface area (Å²) in [6, 6.07) is 0. The Bertz CT molecular complexity index is 283. The van der Waals surface area contributed by atoms with Crippen LogP contribution < -0.4 is 0 Å². The number of allylic oxidation sites excluding steroid dienone is 4. The Morgan fingerprint density at radius 3 is 3.08 bits per heavy atom.